The first-order valence-electron chi connectivity index (χ1n) is 4.89. The van der Waals surface area contributed by atoms with Gasteiger partial charge in [0.25, 0.3) is 0 Å². The summed E-state index contributed by atoms with van der Waals surface area (Å²) in [4.78, 5) is 0. The molecule has 0 aliphatic rings. The zero-order valence-corrected chi connectivity index (χ0v) is 8.85. The molecule has 0 bridgehead atoms. The Morgan fingerprint density at radius 1 is 1.23 bits per heavy atom. The van der Waals surface area contributed by atoms with Gasteiger partial charge in [-0.05, 0) is 43.4 Å². The lowest BCUT2D eigenvalue weighted by molar-refractivity contribution is 0.781. The molecule has 0 saturated carbocycles. The normalized spacial score (nSPS) is 10.3. The van der Waals surface area contributed by atoms with E-state index in [1.165, 1.54) is 24.8 Å². The van der Waals surface area contributed by atoms with E-state index in [9.17, 15) is 0 Å². The van der Waals surface area contributed by atoms with Gasteiger partial charge in [-0.15, -0.1) is 0 Å². The summed E-state index contributed by atoms with van der Waals surface area (Å²) in [5, 5.41) is 0.823. The summed E-state index contributed by atoms with van der Waals surface area (Å²) in [6.07, 6.45) is 7.14. The average Bonchev–Trinajstić information content (AvgIpc) is 2.15. The van der Waals surface area contributed by atoms with E-state index in [4.69, 9.17) is 11.6 Å². The molecule has 1 heteroatoms. The molecule has 0 amide bonds. The number of benzene rings is 1. The first-order chi connectivity index (χ1) is 6.33. The van der Waals surface area contributed by atoms with Crippen LogP contribution in [0.1, 0.15) is 31.7 Å². The first-order valence-corrected chi connectivity index (χ1v) is 5.27. The van der Waals surface area contributed by atoms with Crippen LogP contribution in [0.3, 0.4) is 0 Å². The minimum Gasteiger partial charge on any atom is -0.0843 e. The molecule has 0 nitrogen and oxygen atoms in total. The molecule has 0 fully saturated rings. The molecule has 0 unspecified atom stereocenters. The lowest BCUT2D eigenvalue weighted by Gasteiger charge is -2.00. The van der Waals surface area contributed by atoms with E-state index in [1.54, 1.807) is 0 Å². The van der Waals surface area contributed by atoms with Crippen LogP contribution in [0.2, 0.25) is 5.02 Å². The number of hydrogen-bond donors (Lipinski definition) is 0. The van der Waals surface area contributed by atoms with Crippen LogP contribution in [0.4, 0.5) is 0 Å². The molecule has 0 spiro atoms. The van der Waals surface area contributed by atoms with Gasteiger partial charge < -0.3 is 0 Å². The predicted molar refractivity (Wildman–Crippen MR) is 59.0 cm³/mol. The van der Waals surface area contributed by atoms with Crippen molar-refractivity contribution < 1.29 is 0 Å². The van der Waals surface area contributed by atoms with Crippen molar-refractivity contribution in [3.05, 3.63) is 41.3 Å². The molecule has 0 saturated heterocycles. The van der Waals surface area contributed by atoms with Crippen molar-refractivity contribution in [2.24, 2.45) is 0 Å². The Balaban J connectivity index is 2.25. The maximum absolute atomic E-state index is 5.79. The molecular weight excluding hydrogens is 180 g/mol. The van der Waals surface area contributed by atoms with Gasteiger partial charge in [0.2, 0.25) is 0 Å². The number of unbranched alkanes of at least 4 members (excludes halogenated alkanes) is 3. The minimum atomic E-state index is 0.823. The van der Waals surface area contributed by atoms with Crippen molar-refractivity contribution in [3.63, 3.8) is 0 Å². The molecule has 0 N–H and O–H groups in total. The Labute approximate surface area is 85.9 Å². The Hall–Kier alpha value is -0.490. The molecule has 0 heterocycles. The van der Waals surface area contributed by atoms with Crippen molar-refractivity contribution in [2.75, 3.05) is 0 Å². The fourth-order valence-electron chi connectivity index (χ4n) is 1.31. The van der Waals surface area contributed by atoms with Crippen LogP contribution in [0.15, 0.2) is 24.3 Å². The summed E-state index contributed by atoms with van der Waals surface area (Å²) < 4.78 is 0. The highest BCUT2D eigenvalue weighted by Crippen LogP contribution is 2.12. The second-order valence-corrected chi connectivity index (χ2v) is 3.65. The Kier molecular flexibility index (Phi) is 4.92. The van der Waals surface area contributed by atoms with Gasteiger partial charge >= 0.3 is 0 Å². The van der Waals surface area contributed by atoms with Gasteiger partial charge in [0.15, 0.2) is 0 Å². The van der Waals surface area contributed by atoms with Crippen LogP contribution >= 0.6 is 11.6 Å². The van der Waals surface area contributed by atoms with E-state index < -0.39 is 0 Å². The second-order valence-electron chi connectivity index (χ2n) is 3.22. The third-order valence-corrected chi connectivity index (χ3v) is 2.33. The van der Waals surface area contributed by atoms with Gasteiger partial charge in [0.1, 0.15) is 0 Å². The van der Waals surface area contributed by atoms with Crippen LogP contribution in [-0.2, 0) is 6.42 Å². The second kappa shape index (κ2) is 6.04. The third-order valence-electron chi connectivity index (χ3n) is 2.08. The number of aryl methyl sites for hydroxylation is 1. The van der Waals surface area contributed by atoms with E-state index in [-0.39, 0.29) is 0 Å². The lowest BCUT2D eigenvalue weighted by atomic mass is 10.1. The predicted octanol–water partition coefficient (Wildman–Crippen LogP) is 4.28. The summed E-state index contributed by atoms with van der Waals surface area (Å²) in [6, 6.07) is 8.13. The average molecular weight is 196 g/mol. The lowest BCUT2D eigenvalue weighted by Crippen LogP contribution is -1.85. The topological polar surface area (TPSA) is 0 Å². The first kappa shape index (κ1) is 10.6. The molecule has 1 aromatic carbocycles. The zero-order valence-electron chi connectivity index (χ0n) is 8.09. The molecule has 1 rings (SSSR count). The van der Waals surface area contributed by atoms with E-state index in [0.29, 0.717) is 0 Å². The molecule has 1 aromatic rings. The third kappa shape index (κ3) is 4.33. The minimum absolute atomic E-state index is 0.823. The maximum Gasteiger partial charge on any atom is 0.0406 e. The van der Waals surface area contributed by atoms with E-state index >= 15 is 0 Å². The number of hydrogen-bond acceptors (Lipinski definition) is 0. The zero-order chi connectivity index (χ0) is 9.52. The Bertz CT molecular complexity index is 225. The van der Waals surface area contributed by atoms with Gasteiger partial charge in [-0.3, -0.25) is 0 Å². The highest BCUT2D eigenvalue weighted by molar-refractivity contribution is 6.30. The monoisotopic (exact) mass is 195 g/mol. The van der Waals surface area contributed by atoms with Gasteiger partial charge in [-0.25, -0.2) is 0 Å². The van der Waals surface area contributed by atoms with Crippen molar-refractivity contribution in [1.29, 1.82) is 0 Å². The van der Waals surface area contributed by atoms with Crippen molar-refractivity contribution in [2.45, 2.75) is 32.6 Å². The smallest absolute Gasteiger partial charge is 0.0406 e. The largest absolute Gasteiger partial charge is 0.0843 e. The van der Waals surface area contributed by atoms with Crippen LogP contribution < -0.4 is 0 Å². The van der Waals surface area contributed by atoms with Crippen LogP contribution in [0.25, 0.3) is 0 Å². The van der Waals surface area contributed by atoms with E-state index in [2.05, 4.69) is 25.5 Å². The van der Waals surface area contributed by atoms with Crippen molar-refractivity contribution >= 4 is 11.6 Å². The molecular formula is C12H16Cl. The van der Waals surface area contributed by atoms with Gasteiger partial charge in [-0.1, -0.05) is 37.1 Å². The molecule has 0 aliphatic carbocycles. The van der Waals surface area contributed by atoms with Crippen LogP contribution in [-0.4, -0.2) is 0 Å². The van der Waals surface area contributed by atoms with Gasteiger partial charge in [-0.2, -0.15) is 0 Å². The molecule has 0 aliphatic heterocycles. The maximum atomic E-state index is 5.79. The van der Waals surface area contributed by atoms with Crippen molar-refractivity contribution in [3.8, 4) is 0 Å². The number of halogens is 1. The summed E-state index contributed by atoms with van der Waals surface area (Å²) >= 11 is 5.79. The highest BCUT2D eigenvalue weighted by Gasteiger charge is 1.93. The summed E-state index contributed by atoms with van der Waals surface area (Å²) in [5.41, 5.74) is 1.38. The molecule has 0 aromatic heterocycles. The molecule has 1 radical (unpaired) electrons. The van der Waals surface area contributed by atoms with E-state index in [0.717, 1.165) is 11.4 Å². The quantitative estimate of drug-likeness (QED) is 0.616. The van der Waals surface area contributed by atoms with Gasteiger partial charge in [0, 0.05) is 5.02 Å². The summed E-state index contributed by atoms with van der Waals surface area (Å²) in [5.74, 6) is 0. The fraction of sp³-hybridized carbons (Fsp3) is 0.417. The highest BCUT2D eigenvalue weighted by atomic mass is 35.5. The van der Waals surface area contributed by atoms with Crippen LogP contribution in [0.5, 0.6) is 0 Å². The Morgan fingerprint density at radius 3 is 2.54 bits per heavy atom. The molecule has 0 atom stereocenters. The number of rotatable bonds is 5. The Morgan fingerprint density at radius 2 is 1.92 bits per heavy atom. The molecule has 13 heavy (non-hydrogen) atoms. The fourth-order valence-corrected chi connectivity index (χ4v) is 1.43. The van der Waals surface area contributed by atoms with Gasteiger partial charge in [0.05, 0.1) is 0 Å². The van der Waals surface area contributed by atoms with Crippen molar-refractivity contribution in [1.82, 2.24) is 0 Å². The summed E-state index contributed by atoms with van der Waals surface area (Å²) in [7, 11) is 0. The molecule has 71 valence electrons. The van der Waals surface area contributed by atoms with Crippen LogP contribution in [0, 0.1) is 6.42 Å². The SMILES string of the molecule is CC[CH]CCCc1ccc(Cl)cc1. The van der Waals surface area contributed by atoms with E-state index in [1.807, 2.05) is 12.1 Å². The standard InChI is InChI=1S/C12H16Cl/c1-2-3-4-5-6-11-7-9-12(13)10-8-11/h3,7-10H,2,4-6H2,1H3. The summed E-state index contributed by atoms with van der Waals surface area (Å²) in [6.45, 7) is 2.18.